The number of carbonyl (C=O) groups is 1. The van der Waals surface area contributed by atoms with Crippen LogP contribution in [0.5, 0.6) is 0 Å². The van der Waals surface area contributed by atoms with Gasteiger partial charge in [0.1, 0.15) is 6.10 Å². The molecule has 5 heteroatoms. The highest BCUT2D eigenvalue weighted by Crippen LogP contribution is 2.12. The Labute approximate surface area is 122 Å². The molecule has 0 aromatic rings. The first-order chi connectivity index (χ1) is 9.63. The largest absolute Gasteiger partial charge is 0.506 e. The molecule has 1 N–H and O–H groups in total. The van der Waals surface area contributed by atoms with Gasteiger partial charge < -0.3 is 19.3 Å². The van der Waals surface area contributed by atoms with E-state index < -0.39 is 6.16 Å². The number of methoxy groups -OCH3 is 1. The van der Waals surface area contributed by atoms with Gasteiger partial charge in [0.15, 0.2) is 0 Å². The maximum absolute atomic E-state index is 10.6. The van der Waals surface area contributed by atoms with Crippen molar-refractivity contribution in [1.29, 1.82) is 0 Å². The second-order valence-corrected chi connectivity index (χ2v) is 4.98. The summed E-state index contributed by atoms with van der Waals surface area (Å²) >= 11 is 0. The average Bonchev–Trinajstić information content (AvgIpc) is 2.42. The van der Waals surface area contributed by atoms with Crippen molar-refractivity contribution in [1.82, 2.24) is 0 Å². The van der Waals surface area contributed by atoms with Crippen LogP contribution in [0.25, 0.3) is 0 Å². The van der Waals surface area contributed by atoms with Gasteiger partial charge in [-0.2, -0.15) is 0 Å². The highest BCUT2D eigenvalue weighted by molar-refractivity contribution is 5.57. The Balaban J connectivity index is 3.82. The molecule has 0 saturated carbocycles. The fourth-order valence-corrected chi connectivity index (χ4v) is 1.99. The molecule has 0 amide bonds. The number of hydrogen-bond donors (Lipinski definition) is 1. The van der Waals surface area contributed by atoms with E-state index in [9.17, 15) is 4.79 Å². The number of ether oxygens (including phenoxy) is 3. The third kappa shape index (κ3) is 11.1. The van der Waals surface area contributed by atoms with Crippen molar-refractivity contribution in [3.05, 3.63) is 0 Å². The van der Waals surface area contributed by atoms with E-state index in [0.29, 0.717) is 19.6 Å². The van der Waals surface area contributed by atoms with E-state index in [1.165, 1.54) is 12.8 Å². The van der Waals surface area contributed by atoms with Crippen LogP contribution in [-0.4, -0.2) is 43.8 Å². The van der Waals surface area contributed by atoms with E-state index in [1.807, 2.05) is 6.92 Å². The smallest absolute Gasteiger partial charge is 0.450 e. The van der Waals surface area contributed by atoms with Crippen molar-refractivity contribution in [2.75, 3.05) is 20.3 Å². The summed E-state index contributed by atoms with van der Waals surface area (Å²) in [4.78, 5) is 10.6. The van der Waals surface area contributed by atoms with Gasteiger partial charge in [0, 0.05) is 13.5 Å². The summed E-state index contributed by atoms with van der Waals surface area (Å²) in [5.74, 6) is 0. The van der Waals surface area contributed by atoms with E-state index in [2.05, 4.69) is 6.92 Å². The van der Waals surface area contributed by atoms with Crippen molar-refractivity contribution < 1.29 is 24.1 Å². The third-order valence-corrected chi connectivity index (χ3v) is 3.32. The Bertz CT molecular complexity index is 228. The first kappa shape index (κ1) is 19.2. The zero-order chi connectivity index (χ0) is 15.2. The van der Waals surface area contributed by atoms with Crippen molar-refractivity contribution >= 4 is 6.16 Å². The van der Waals surface area contributed by atoms with E-state index in [4.69, 9.17) is 19.3 Å². The van der Waals surface area contributed by atoms with Gasteiger partial charge in [-0.05, 0) is 19.3 Å². The molecule has 0 saturated heterocycles. The summed E-state index contributed by atoms with van der Waals surface area (Å²) in [7, 11) is 1.67. The molecule has 0 aromatic carbocycles. The molecule has 0 aromatic heterocycles. The predicted molar refractivity (Wildman–Crippen MR) is 78.2 cm³/mol. The molecule has 0 aliphatic rings. The summed E-state index contributed by atoms with van der Waals surface area (Å²) in [6.45, 7) is 5.24. The lowest BCUT2D eigenvalue weighted by atomic mass is 10.1. The summed E-state index contributed by atoms with van der Waals surface area (Å²) < 4.78 is 15.6. The highest BCUT2D eigenvalue weighted by atomic mass is 16.7. The summed E-state index contributed by atoms with van der Waals surface area (Å²) in [6.07, 6.45) is 5.42. The number of unbranched alkanes of at least 4 members (excludes halogenated alkanes) is 3. The fraction of sp³-hybridized carbons (Fsp3) is 0.933. The second-order valence-electron chi connectivity index (χ2n) is 4.98. The van der Waals surface area contributed by atoms with Gasteiger partial charge in [0.25, 0.3) is 0 Å². The Hall–Kier alpha value is -0.810. The van der Waals surface area contributed by atoms with Crippen LogP contribution in [0, 0.1) is 0 Å². The SMILES string of the molecule is CCCCCCC(CCOCC(CC)OC)OC(=O)O. The number of rotatable bonds is 13. The Kier molecular flexibility index (Phi) is 12.7. The molecular formula is C15H30O5. The molecule has 20 heavy (non-hydrogen) atoms. The van der Waals surface area contributed by atoms with Gasteiger partial charge >= 0.3 is 6.16 Å². The molecule has 0 heterocycles. The standard InChI is InChI=1S/C15H30O5/c1-4-6-7-8-9-14(20-15(16)17)10-11-19-12-13(5-2)18-3/h13-14H,4-12H2,1-3H3,(H,16,17). The highest BCUT2D eigenvalue weighted by Gasteiger charge is 2.14. The predicted octanol–water partition coefficient (Wildman–Crippen LogP) is 3.85. The molecule has 0 aliphatic carbocycles. The minimum absolute atomic E-state index is 0.110. The number of carboxylic acid groups (broad SMARTS) is 1. The molecule has 120 valence electrons. The third-order valence-electron chi connectivity index (χ3n) is 3.32. The summed E-state index contributed by atoms with van der Waals surface area (Å²) in [6, 6.07) is 0. The van der Waals surface area contributed by atoms with Gasteiger partial charge in [-0.25, -0.2) is 4.79 Å². The molecule has 0 aliphatic heterocycles. The van der Waals surface area contributed by atoms with E-state index in [1.54, 1.807) is 7.11 Å². The normalized spacial score (nSPS) is 13.9. The molecule has 0 fully saturated rings. The van der Waals surface area contributed by atoms with Crippen LogP contribution in [0.15, 0.2) is 0 Å². The van der Waals surface area contributed by atoms with E-state index in [-0.39, 0.29) is 12.2 Å². The van der Waals surface area contributed by atoms with Gasteiger partial charge in [-0.15, -0.1) is 0 Å². The monoisotopic (exact) mass is 290 g/mol. The lowest BCUT2D eigenvalue weighted by molar-refractivity contribution is -0.0112. The minimum atomic E-state index is -1.20. The van der Waals surface area contributed by atoms with Crippen LogP contribution in [-0.2, 0) is 14.2 Å². The van der Waals surface area contributed by atoms with Crippen LogP contribution < -0.4 is 0 Å². The topological polar surface area (TPSA) is 65.0 Å². The summed E-state index contributed by atoms with van der Waals surface area (Å²) in [5, 5.41) is 8.72. The van der Waals surface area contributed by atoms with Gasteiger partial charge in [-0.3, -0.25) is 0 Å². The molecule has 2 unspecified atom stereocenters. The van der Waals surface area contributed by atoms with Crippen LogP contribution in [0.2, 0.25) is 0 Å². The Morgan fingerprint density at radius 1 is 1.10 bits per heavy atom. The lowest BCUT2D eigenvalue weighted by Crippen LogP contribution is -2.22. The zero-order valence-electron chi connectivity index (χ0n) is 13.1. The van der Waals surface area contributed by atoms with Crippen LogP contribution >= 0.6 is 0 Å². The van der Waals surface area contributed by atoms with E-state index in [0.717, 1.165) is 25.7 Å². The van der Waals surface area contributed by atoms with Crippen molar-refractivity contribution in [2.45, 2.75) is 71.0 Å². The second kappa shape index (κ2) is 13.2. The van der Waals surface area contributed by atoms with Crippen LogP contribution in [0.3, 0.4) is 0 Å². The minimum Gasteiger partial charge on any atom is -0.450 e. The molecular weight excluding hydrogens is 260 g/mol. The van der Waals surface area contributed by atoms with Crippen LogP contribution in [0.1, 0.15) is 58.8 Å². The maximum atomic E-state index is 10.6. The Morgan fingerprint density at radius 2 is 1.85 bits per heavy atom. The Morgan fingerprint density at radius 3 is 2.40 bits per heavy atom. The van der Waals surface area contributed by atoms with Crippen molar-refractivity contribution in [3.63, 3.8) is 0 Å². The lowest BCUT2D eigenvalue weighted by Gasteiger charge is -2.17. The molecule has 0 rings (SSSR count). The van der Waals surface area contributed by atoms with Crippen molar-refractivity contribution in [3.8, 4) is 0 Å². The molecule has 0 spiro atoms. The van der Waals surface area contributed by atoms with Gasteiger partial charge in [-0.1, -0.05) is 33.1 Å². The average molecular weight is 290 g/mol. The maximum Gasteiger partial charge on any atom is 0.506 e. The summed E-state index contributed by atoms with van der Waals surface area (Å²) in [5.41, 5.74) is 0. The fourth-order valence-electron chi connectivity index (χ4n) is 1.99. The van der Waals surface area contributed by atoms with E-state index >= 15 is 0 Å². The zero-order valence-corrected chi connectivity index (χ0v) is 13.1. The molecule has 0 radical (unpaired) electrons. The van der Waals surface area contributed by atoms with Gasteiger partial charge in [0.2, 0.25) is 0 Å². The van der Waals surface area contributed by atoms with Gasteiger partial charge in [0.05, 0.1) is 19.3 Å². The number of hydrogen-bond acceptors (Lipinski definition) is 4. The first-order valence-corrected chi connectivity index (χ1v) is 7.64. The van der Waals surface area contributed by atoms with Crippen molar-refractivity contribution in [2.24, 2.45) is 0 Å². The molecule has 5 nitrogen and oxygen atoms in total. The molecule has 0 bridgehead atoms. The van der Waals surface area contributed by atoms with Crippen LogP contribution in [0.4, 0.5) is 4.79 Å². The molecule has 2 atom stereocenters. The quantitative estimate of drug-likeness (QED) is 0.412. The first-order valence-electron chi connectivity index (χ1n) is 7.64.